The Morgan fingerprint density at radius 3 is 2.80 bits per heavy atom. The smallest absolute Gasteiger partial charge is 0.191 e. The van der Waals surface area contributed by atoms with Crippen LogP contribution in [0.1, 0.15) is 46.1 Å². The van der Waals surface area contributed by atoms with Gasteiger partial charge in [0.05, 0.1) is 18.2 Å². The van der Waals surface area contributed by atoms with Crippen LogP contribution in [0.5, 0.6) is 0 Å². The van der Waals surface area contributed by atoms with Crippen LogP contribution in [-0.4, -0.2) is 58.9 Å². The van der Waals surface area contributed by atoms with Crippen LogP contribution in [0.3, 0.4) is 0 Å². The van der Waals surface area contributed by atoms with E-state index in [-0.39, 0.29) is 6.04 Å². The van der Waals surface area contributed by atoms with E-state index in [0.29, 0.717) is 35.0 Å². The summed E-state index contributed by atoms with van der Waals surface area (Å²) in [7, 11) is 0. The molecule has 3 atom stereocenters. The highest BCUT2D eigenvalue weighted by Crippen LogP contribution is 2.35. The molecule has 2 unspecified atom stereocenters. The minimum absolute atomic E-state index is 0.134. The maximum atomic E-state index is 10.3. The first kappa shape index (κ1) is 18.3. The van der Waals surface area contributed by atoms with Gasteiger partial charge < -0.3 is 20.7 Å². The van der Waals surface area contributed by atoms with Gasteiger partial charge in [0, 0.05) is 5.75 Å². The second kappa shape index (κ2) is 7.02. The fourth-order valence-corrected chi connectivity index (χ4v) is 3.68. The van der Waals surface area contributed by atoms with Crippen LogP contribution in [0.15, 0.2) is 5.16 Å². The Morgan fingerprint density at radius 1 is 1.36 bits per heavy atom. The molecule has 0 bridgehead atoms. The third kappa shape index (κ3) is 4.02. The van der Waals surface area contributed by atoms with Gasteiger partial charge in [-0.1, -0.05) is 23.9 Å². The highest BCUT2D eigenvalue weighted by molar-refractivity contribution is 7.99. The van der Waals surface area contributed by atoms with Crippen LogP contribution in [0.4, 0.5) is 5.82 Å². The van der Waals surface area contributed by atoms with Crippen LogP contribution in [0.2, 0.25) is 0 Å². The molecule has 3 rings (SSSR count). The number of hydrogen-bond acceptors (Lipinski definition) is 9. The maximum Gasteiger partial charge on any atom is 0.191 e. The van der Waals surface area contributed by atoms with Gasteiger partial charge in [0.1, 0.15) is 0 Å². The molecule has 1 saturated carbocycles. The van der Waals surface area contributed by atoms with Gasteiger partial charge in [-0.25, -0.2) is 14.6 Å². The van der Waals surface area contributed by atoms with E-state index in [1.54, 1.807) is 18.5 Å². The van der Waals surface area contributed by atoms with Crippen molar-refractivity contribution in [1.29, 1.82) is 0 Å². The Hall–Kier alpha value is -1.49. The fourth-order valence-electron chi connectivity index (χ4n) is 2.98. The van der Waals surface area contributed by atoms with Gasteiger partial charge in [-0.05, 0) is 33.1 Å². The number of rotatable bonds is 6. The lowest BCUT2D eigenvalue weighted by molar-refractivity contribution is -0.219. The number of aromatic nitrogens is 5. The summed E-state index contributed by atoms with van der Waals surface area (Å²) >= 11 is 1.53. The molecule has 2 aromatic heterocycles. The molecule has 25 heavy (non-hydrogen) atoms. The molecule has 1 aliphatic carbocycles. The second-order valence-electron chi connectivity index (χ2n) is 6.74. The van der Waals surface area contributed by atoms with Gasteiger partial charge in [-0.15, -0.1) is 5.10 Å². The van der Waals surface area contributed by atoms with Gasteiger partial charge in [-0.3, -0.25) is 0 Å². The number of aliphatic hydroxyl groups excluding tert-OH is 1. The van der Waals surface area contributed by atoms with Crippen molar-refractivity contribution >= 4 is 28.7 Å². The van der Waals surface area contributed by atoms with Crippen molar-refractivity contribution in [3.05, 3.63) is 0 Å². The Balaban J connectivity index is 1.87. The van der Waals surface area contributed by atoms with E-state index in [9.17, 15) is 10.2 Å². The van der Waals surface area contributed by atoms with Crippen molar-refractivity contribution in [2.75, 3.05) is 11.5 Å². The van der Waals surface area contributed by atoms with Crippen LogP contribution < -0.4 is 5.73 Å². The van der Waals surface area contributed by atoms with Crippen molar-refractivity contribution in [2.45, 2.75) is 69.2 Å². The number of fused-ring (bicyclic) bond motifs is 1. The standard InChI is InChI=1S/C15H24N6O3S/c1-4-5-25-14-17-12(16)11-13(18-14)21(20-19-11)8-6-9(22)10(7-8)24-15(2,3)23/h8-10,22-23H,4-7H2,1-3H3,(H2,16,17,18)/t8?,9?,10-/m0/s1. The summed E-state index contributed by atoms with van der Waals surface area (Å²) in [6, 6.07) is -0.134. The van der Waals surface area contributed by atoms with Gasteiger partial charge in [-0.2, -0.15) is 0 Å². The molecular formula is C15H24N6O3S. The molecule has 0 spiro atoms. The number of hydrogen-bond donors (Lipinski definition) is 3. The topological polar surface area (TPSA) is 132 Å². The second-order valence-corrected chi connectivity index (χ2v) is 7.80. The first-order chi connectivity index (χ1) is 11.8. The Kier molecular flexibility index (Phi) is 5.14. The summed E-state index contributed by atoms with van der Waals surface area (Å²) in [4.78, 5) is 8.80. The van der Waals surface area contributed by atoms with Gasteiger partial charge in [0.2, 0.25) is 0 Å². The summed E-state index contributed by atoms with van der Waals surface area (Å²) in [5.41, 5.74) is 7.01. The maximum absolute atomic E-state index is 10.3. The number of nitrogens with two attached hydrogens (primary N) is 1. The zero-order chi connectivity index (χ0) is 18.2. The summed E-state index contributed by atoms with van der Waals surface area (Å²) in [5.74, 6) is -0.102. The average Bonchev–Trinajstić information content (AvgIpc) is 3.08. The van der Waals surface area contributed by atoms with Crippen molar-refractivity contribution < 1.29 is 14.9 Å². The first-order valence-corrected chi connectivity index (χ1v) is 9.36. The molecule has 1 aliphatic rings. The van der Waals surface area contributed by atoms with E-state index in [2.05, 4.69) is 27.2 Å². The predicted molar refractivity (Wildman–Crippen MR) is 94.0 cm³/mol. The van der Waals surface area contributed by atoms with Crippen molar-refractivity contribution in [2.24, 2.45) is 0 Å². The predicted octanol–water partition coefficient (Wildman–Crippen LogP) is 1.11. The molecular weight excluding hydrogens is 344 g/mol. The van der Waals surface area contributed by atoms with Gasteiger partial charge in [0.15, 0.2) is 27.9 Å². The van der Waals surface area contributed by atoms with E-state index in [0.717, 1.165) is 12.2 Å². The highest BCUT2D eigenvalue weighted by Gasteiger charge is 2.39. The van der Waals surface area contributed by atoms with E-state index in [1.807, 2.05) is 0 Å². The zero-order valence-electron chi connectivity index (χ0n) is 14.6. The quantitative estimate of drug-likeness (QED) is 0.389. The Labute approximate surface area is 150 Å². The van der Waals surface area contributed by atoms with E-state index in [1.165, 1.54) is 11.8 Å². The summed E-state index contributed by atoms with van der Waals surface area (Å²) in [5, 5.41) is 28.9. The number of nitrogens with zero attached hydrogens (tertiary/aromatic N) is 5. The van der Waals surface area contributed by atoms with Crippen LogP contribution >= 0.6 is 11.8 Å². The lowest BCUT2D eigenvalue weighted by Crippen LogP contribution is -2.34. The van der Waals surface area contributed by atoms with Crippen LogP contribution in [0, 0.1) is 0 Å². The number of anilines is 1. The third-order valence-electron chi connectivity index (χ3n) is 4.00. The summed E-state index contributed by atoms with van der Waals surface area (Å²) in [6.07, 6.45) is 0.793. The highest BCUT2D eigenvalue weighted by atomic mass is 32.2. The molecule has 2 aromatic rings. The molecule has 138 valence electrons. The van der Waals surface area contributed by atoms with E-state index >= 15 is 0 Å². The molecule has 4 N–H and O–H groups in total. The lowest BCUT2D eigenvalue weighted by atomic mass is 10.2. The minimum atomic E-state index is -1.30. The Bertz CT molecular complexity index is 747. The monoisotopic (exact) mass is 368 g/mol. The summed E-state index contributed by atoms with van der Waals surface area (Å²) < 4.78 is 7.22. The molecule has 0 aromatic carbocycles. The lowest BCUT2D eigenvalue weighted by Gasteiger charge is -2.25. The summed E-state index contributed by atoms with van der Waals surface area (Å²) in [6.45, 7) is 5.18. The minimum Gasteiger partial charge on any atom is -0.390 e. The van der Waals surface area contributed by atoms with E-state index in [4.69, 9.17) is 10.5 Å². The van der Waals surface area contributed by atoms with Gasteiger partial charge >= 0.3 is 0 Å². The molecule has 0 radical (unpaired) electrons. The molecule has 0 aliphatic heterocycles. The third-order valence-corrected chi connectivity index (χ3v) is 5.05. The molecule has 10 heteroatoms. The SMILES string of the molecule is CCCSc1nc(N)c2nnn(C3CC(O)[C@@H](OC(C)(C)O)C3)c2n1. The van der Waals surface area contributed by atoms with E-state index < -0.39 is 18.0 Å². The Morgan fingerprint density at radius 2 is 2.12 bits per heavy atom. The molecule has 0 amide bonds. The van der Waals surface area contributed by atoms with Crippen molar-refractivity contribution in [3.8, 4) is 0 Å². The fraction of sp³-hybridized carbons (Fsp3) is 0.733. The molecule has 2 heterocycles. The molecule has 0 saturated heterocycles. The number of nitrogen functional groups attached to an aromatic ring is 1. The van der Waals surface area contributed by atoms with Crippen LogP contribution in [-0.2, 0) is 4.74 Å². The molecule has 9 nitrogen and oxygen atoms in total. The van der Waals surface area contributed by atoms with Crippen molar-refractivity contribution in [1.82, 2.24) is 25.0 Å². The number of ether oxygens (including phenoxy) is 1. The zero-order valence-corrected chi connectivity index (χ0v) is 15.4. The van der Waals surface area contributed by atoms with Gasteiger partial charge in [0.25, 0.3) is 0 Å². The molecule has 1 fully saturated rings. The number of aliphatic hydroxyl groups is 2. The number of thioether (sulfide) groups is 1. The average molecular weight is 368 g/mol. The van der Waals surface area contributed by atoms with Crippen LogP contribution in [0.25, 0.3) is 11.2 Å². The first-order valence-electron chi connectivity index (χ1n) is 8.38. The normalized spacial score (nSPS) is 24.3. The van der Waals surface area contributed by atoms with Crippen molar-refractivity contribution in [3.63, 3.8) is 0 Å². The largest absolute Gasteiger partial charge is 0.390 e.